The van der Waals surface area contributed by atoms with Crippen LogP contribution in [0.5, 0.6) is 11.5 Å². The van der Waals surface area contributed by atoms with Crippen molar-refractivity contribution in [3.05, 3.63) is 95.1 Å². The molecule has 2 aromatic carbocycles. The number of hydrogen-bond acceptors (Lipinski definition) is 10. The molecule has 256 valence electrons. The molecule has 0 aromatic heterocycles. The van der Waals surface area contributed by atoms with E-state index in [1.54, 1.807) is 25.1 Å². The van der Waals surface area contributed by atoms with Crippen molar-refractivity contribution >= 4 is 17.7 Å². The van der Waals surface area contributed by atoms with Crippen molar-refractivity contribution in [1.82, 2.24) is 0 Å². The average molecular weight is 669 g/mol. The molecule has 2 spiro atoms. The Morgan fingerprint density at radius 2 is 1.80 bits per heavy atom. The van der Waals surface area contributed by atoms with Crippen LogP contribution in [0.4, 0.5) is 0 Å². The number of methoxy groups -OCH3 is 1. The number of benzene rings is 2. The molecule has 10 rings (SSSR count). The summed E-state index contributed by atoms with van der Waals surface area (Å²) in [6.07, 6.45) is 3.86. The van der Waals surface area contributed by atoms with Gasteiger partial charge in [-0.3, -0.25) is 14.4 Å². The molecule has 5 saturated heterocycles. The molecular weight excluding hydrogens is 628 g/mol. The molecule has 3 unspecified atom stereocenters. The number of Topliss-reactive ketones (excluding diaryl/α,β-unsaturated/α-hetero) is 1. The lowest BCUT2D eigenvalue weighted by molar-refractivity contribution is -0.467. The van der Waals surface area contributed by atoms with Crippen molar-refractivity contribution in [2.24, 2.45) is 23.2 Å². The SMILES string of the molecule is C=C(C)[C@@]12OC34O[C@@H]1[C@@H]1C=C(COC(=O)Cc5ccc(OC(C)=O)c(OC)c5)CC5(O)C(=O)C(C)=C[C@H]5[C@@]1(O3)[C@H](C)C42Cc1ccccc1. The van der Waals surface area contributed by atoms with Gasteiger partial charge in [-0.2, -0.15) is 0 Å². The number of carbonyl (C=O) groups excluding carboxylic acids is 3. The molecule has 5 aliphatic heterocycles. The topological polar surface area (TPSA) is 127 Å². The van der Waals surface area contributed by atoms with Gasteiger partial charge in [0, 0.05) is 31.1 Å². The number of fused-ring (bicyclic) bond motifs is 1. The molecule has 2 aromatic rings. The largest absolute Gasteiger partial charge is 0.493 e. The predicted molar refractivity (Wildman–Crippen MR) is 174 cm³/mol. The van der Waals surface area contributed by atoms with Crippen molar-refractivity contribution < 1.29 is 47.9 Å². The lowest BCUT2D eigenvalue weighted by atomic mass is 9.44. The summed E-state index contributed by atoms with van der Waals surface area (Å²) in [5.41, 5.74) is -0.767. The van der Waals surface area contributed by atoms with Crippen molar-refractivity contribution in [2.75, 3.05) is 13.7 Å². The van der Waals surface area contributed by atoms with E-state index in [1.165, 1.54) is 14.0 Å². The number of carbonyl (C=O) groups is 3. The molecule has 5 heterocycles. The van der Waals surface area contributed by atoms with Crippen molar-refractivity contribution in [2.45, 2.75) is 75.8 Å². The minimum Gasteiger partial charge on any atom is -0.493 e. The van der Waals surface area contributed by atoms with Crippen LogP contribution < -0.4 is 9.47 Å². The van der Waals surface area contributed by atoms with E-state index in [0.717, 1.165) is 11.1 Å². The summed E-state index contributed by atoms with van der Waals surface area (Å²) in [7, 11) is 1.45. The van der Waals surface area contributed by atoms with Gasteiger partial charge in [-0.1, -0.05) is 62.1 Å². The Morgan fingerprint density at radius 3 is 2.49 bits per heavy atom. The molecule has 10 nitrogen and oxygen atoms in total. The molecule has 1 saturated carbocycles. The van der Waals surface area contributed by atoms with Gasteiger partial charge in [0.05, 0.1) is 24.5 Å². The minimum atomic E-state index is -1.81. The quantitative estimate of drug-likeness (QED) is 0.231. The Morgan fingerprint density at radius 1 is 1.04 bits per heavy atom. The molecule has 3 aliphatic carbocycles. The second-order valence-electron chi connectivity index (χ2n) is 14.5. The monoisotopic (exact) mass is 668 g/mol. The van der Waals surface area contributed by atoms with E-state index >= 15 is 0 Å². The number of aliphatic hydroxyl groups is 1. The van der Waals surface area contributed by atoms with Gasteiger partial charge in [-0.05, 0) is 60.2 Å². The molecule has 1 N–H and O–H groups in total. The molecule has 5 bridgehead atoms. The minimum absolute atomic E-state index is 0.0246. The van der Waals surface area contributed by atoms with Gasteiger partial charge in [-0.25, -0.2) is 0 Å². The first-order chi connectivity index (χ1) is 23.3. The molecule has 49 heavy (non-hydrogen) atoms. The first-order valence-corrected chi connectivity index (χ1v) is 16.7. The maximum absolute atomic E-state index is 13.8. The number of rotatable bonds is 9. The first kappa shape index (κ1) is 32.1. The van der Waals surface area contributed by atoms with Gasteiger partial charge in [-0.15, -0.1) is 0 Å². The zero-order valence-electron chi connectivity index (χ0n) is 28.2. The number of ether oxygens (including phenoxy) is 6. The molecular formula is C39H40O10. The molecule has 10 heteroatoms. The van der Waals surface area contributed by atoms with Crippen LogP contribution in [-0.2, 0) is 46.2 Å². The molecule has 0 amide bonds. The Kier molecular flexibility index (Phi) is 6.86. The van der Waals surface area contributed by atoms with Crippen LogP contribution in [0.25, 0.3) is 0 Å². The number of ketones is 1. The first-order valence-electron chi connectivity index (χ1n) is 16.7. The fraction of sp³-hybridized carbons (Fsp3) is 0.462. The van der Waals surface area contributed by atoms with Crippen LogP contribution in [0.3, 0.4) is 0 Å². The van der Waals surface area contributed by atoms with E-state index in [-0.39, 0.29) is 36.9 Å². The lowest BCUT2D eigenvalue weighted by Crippen LogP contribution is -2.76. The highest BCUT2D eigenvalue weighted by Gasteiger charge is 3.00. The third-order valence-corrected chi connectivity index (χ3v) is 12.1. The molecule has 8 aliphatic rings. The Bertz CT molecular complexity index is 1880. The van der Waals surface area contributed by atoms with Gasteiger partial charge >= 0.3 is 11.9 Å². The van der Waals surface area contributed by atoms with Crippen LogP contribution in [-0.4, -0.2) is 65.4 Å². The van der Waals surface area contributed by atoms with Gasteiger partial charge in [0.25, 0.3) is 5.97 Å². The highest BCUT2D eigenvalue weighted by molar-refractivity contribution is 6.05. The summed E-state index contributed by atoms with van der Waals surface area (Å²) in [5, 5.41) is 12.5. The number of hydrogen-bond donors (Lipinski definition) is 1. The highest BCUT2D eigenvalue weighted by atomic mass is 17.0. The Balaban J connectivity index is 1.14. The van der Waals surface area contributed by atoms with E-state index in [9.17, 15) is 19.5 Å². The lowest BCUT2D eigenvalue weighted by Gasteiger charge is -2.62. The zero-order chi connectivity index (χ0) is 34.7. The van der Waals surface area contributed by atoms with Crippen LogP contribution in [0.15, 0.2) is 84.0 Å². The van der Waals surface area contributed by atoms with Crippen LogP contribution in [0, 0.1) is 23.2 Å². The molecule has 0 radical (unpaired) electrons. The standard InChI is InChI=1S/C39H40O10/c1-21(2)38-34-28-15-27(20-45-32(41)17-26-12-13-29(46-24(5)40)30(16-26)44-6)18-35(43)31(14-22(3)33(35)42)37(28)23(4)36(38,39(47-34,48-37)49-38)19-25-10-8-7-9-11-25/h7-16,23,28,31,34,43H,1,17-20H2,2-6H3/t23-,28+,31-,34-,35?,36?,37-,38-,39?/m1/s1. The highest BCUT2D eigenvalue weighted by Crippen LogP contribution is 2.86. The predicted octanol–water partition coefficient (Wildman–Crippen LogP) is 4.57. The van der Waals surface area contributed by atoms with Crippen molar-refractivity contribution in [1.29, 1.82) is 0 Å². The van der Waals surface area contributed by atoms with Crippen molar-refractivity contribution in [3.8, 4) is 11.5 Å². The summed E-state index contributed by atoms with van der Waals surface area (Å²) in [6.45, 7) is 11.4. The second kappa shape index (κ2) is 10.5. The van der Waals surface area contributed by atoms with Crippen LogP contribution >= 0.6 is 0 Å². The van der Waals surface area contributed by atoms with Gasteiger partial charge in [0.1, 0.15) is 23.9 Å². The van der Waals surface area contributed by atoms with Gasteiger partial charge in [0.2, 0.25) is 0 Å². The summed E-state index contributed by atoms with van der Waals surface area (Å²) in [6, 6.07) is 15.0. The van der Waals surface area contributed by atoms with Gasteiger partial charge in [0.15, 0.2) is 17.3 Å². The Labute approximate surface area is 284 Å². The summed E-state index contributed by atoms with van der Waals surface area (Å²) in [4.78, 5) is 38.5. The number of esters is 2. The zero-order valence-corrected chi connectivity index (χ0v) is 28.2. The van der Waals surface area contributed by atoms with E-state index < -0.39 is 58.1 Å². The summed E-state index contributed by atoms with van der Waals surface area (Å²) >= 11 is 0. The van der Waals surface area contributed by atoms with E-state index in [2.05, 4.69) is 25.6 Å². The van der Waals surface area contributed by atoms with E-state index in [1.807, 2.05) is 37.3 Å². The Hall–Kier alpha value is -4.09. The fourth-order valence-corrected chi connectivity index (χ4v) is 10.2. The maximum Gasteiger partial charge on any atom is 0.310 e. The van der Waals surface area contributed by atoms with E-state index in [0.29, 0.717) is 28.9 Å². The van der Waals surface area contributed by atoms with Crippen LogP contribution in [0.1, 0.15) is 45.2 Å². The molecule has 6 fully saturated rings. The van der Waals surface area contributed by atoms with Gasteiger partial charge < -0.3 is 33.5 Å². The summed E-state index contributed by atoms with van der Waals surface area (Å²) in [5.74, 6) is -3.53. The average Bonchev–Trinajstić information content (AvgIpc) is 3.58. The maximum atomic E-state index is 13.8. The second-order valence-corrected chi connectivity index (χ2v) is 14.5. The molecule has 9 atom stereocenters. The van der Waals surface area contributed by atoms with E-state index in [4.69, 9.17) is 28.4 Å². The van der Waals surface area contributed by atoms with Crippen LogP contribution in [0.2, 0.25) is 0 Å². The van der Waals surface area contributed by atoms with Crippen molar-refractivity contribution in [3.63, 3.8) is 0 Å². The fourth-order valence-electron chi connectivity index (χ4n) is 10.2. The summed E-state index contributed by atoms with van der Waals surface area (Å²) < 4.78 is 36.9. The smallest absolute Gasteiger partial charge is 0.310 e. The third kappa shape index (κ3) is 3.88. The normalized spacial score (nSPS) is 38.9. The third-order valence-electron chi connectivity index (χ3n) is 12.1.